The number of hydrogen-bond donors (Lipinski definition) is 0. The molecule has 0 radical (unpaired) electrons. The van der Waals surface area contributed by atoms with Crippen molar-refractivity contribution in [2.45, 2.75) is 0 Å². The maximum atomic E-state index is 12.9. The molecule has 0 unspecified atom stereocenters. The smallest absolute Gasteiger partial charge is 0.282 e. The third-order valence-electron chi connectivity index (χ3n) is 4.46. The molecule has 1 aromatic rings. The van der Waals surface area contributed by atoms with Gasteiger partial charge < -0.3 is 9.64 Å². The molecule has 0 atom stereocenters. The van der Waals surface area contributed by atoms with E-state index >= 15 is 0 Å². The number of nitrogens with zero attached hydrogens (tertiary/aromatic N) is 3. The van der Waals surface area contributed by atoms with E-state index in [0.29, 0.717) is 39.4 Å². The Labute approximate surface area is 152 Å². The Morgan fingerprint density at radius 1 is 0.962 bits per heavy atom. The monoisotopic (exact) mass is 383 g/mol. The van der Waals surface area contributed by atoms with Gasteiger partial charge in [0.2, 0.25) is 5.91 Å². The number of ether oxygens (including phenoxy) is 1. The molecule has 2 aliphatic rings. The maximum Gasteiger partial charge on any atom is 0.282 e. The van der Waals surface area contributed by atoms with E-state index in [-0.39, 0.29) is 24.8 Å². The summed E-state index contributed by atoms with van der Waals surface area (Å²) < 4.78 is 46.1. The lowest BCUT2D eigenvalue weighted by Crippen LogP contribution is -2.55. The number of amides is 1. The van der Waals surface area contributed by atoms with Crippen LogP contribution in [0.1, 0.15) is 5.56 Å². The fraction of sp³-hybridized carbons (Fsp3) is 0.471. The molecule has 0 N–H and O–H groups in total. The van der Waals surface area contributed by atoms with Crippen molar-refractivity contribution < 1.29 is 22.3 Å². The molecule has 1 aromatic carbocycles. The zero-order valence-corrected chi connectivity index (χ0v) is 15.2. The van der Waals surface area contributed by atoms with Crippen molar-refractivity contribution in [2.24, 2.45) is 0 Å². The largest absolute Gasteiger partial charge is 0.379 e. The molecule has 3 rings (SSSR count). The predicted molar refractivity (Wildman–Crippen MR) is 94.9 cm³/mol. The van der Waals surface area contributed by atoms with Gasteiger partial charge in [0.25, 0.3) is 10.2 Å². The first-order chi connectivity index (χ1) is 12.5. The Bertz CT molecular complexity index is 753. The summed E-state index contributed by atoms with van der Waals surface area (Å²) in [6, 6.07) is 5.84. The predicted octanol–water partition coefficient (Wildman–Crippen LogP) is 0.560. The fourth-order valence-electron chi connectivity index (χ4n) is 2.93. The molecule has 2 heterocycles. The van der Waals surface area contributed by atoms with Gasteiger partial charge in [-0.25, -0.2) is 4.39 Å². The molecule has 0 aliphatic carbocycles. The van der Waals surface area contributed by atoms with Gasteiger partial charge in [-0.1, -0.05) is 12.1 Å². The first kappa shape index (κ1) is 19.0. The molecule has 0 saturated carbocycles. The van der Waals surface area contributed by atoms with Crippen LogP contribution in [0.4, 0.5) is 4.39 Å². The highest BCUT2D eigenvalue weighted by molar-refractivity contribution is 7.86. The number of rotatable bonds is 4. The topological polar surface area (TPSA) is 70.2 Å². The highest BCUT2D eigenvalue weighted by Gasteiger charge is 2.33. The molecule has 2 saturated heterocycles. The summed E-state index contributed by atoms with van der Waals surface area (Å²) in [6.45, 7) is 2.78. The van der Waals surface area contributed by atoms with Crippen molar-refractivity contribution >= 4 is 22.2 Å². The van der Waals surface area contributed by atoms with Gasteiger partial charge in [0.05, 0.1) is 13.2 Å². The third kappa shape index (κ3) is 4.47. The second-order valence-electron chi connectivity index (χ2n) is 6.13. The van der Waals surface area contributed by atoms with E-state index in [1.165, 1.54) is 26.8 Å². The summed E-state index contributed by atoms with van der Waals surface area (Å²) in [7, 11) is -3.50. The van der Waals surface area contributed by atoms with Gasteiger partial charge in [0, 0.05) is 45.3 Å². The van der Waals surface area contributed by atoms with Crippen LogP contribution >= 0.6 is 0 Å². The summed E-state index contributed by atoms with van der Waals surface area (Å²) in [6.07, 6.45) is 3.05. The lowest BCUT2D eigenvalue weighted by molar-refractivity contribution is -0.127. The standard InChI is InChI=1S/C17H22FN3O4S/c18-16-4-1-15(2-5-16)3-6-17(22)19-7-9-20(10-8-19)26(23,24)21-11-13-25-14-12-21/h1-6H,7-14H2/b6-3+. The molecule has 26 heavy (non-hydrogen) atoms. The lowest BCUT2D eigenvalue weighted by atomic mass is 10.2. The van der Waals surface area contributed by atoms with Crippen LogP contribution in [-0.2, 0) is 19.7 Å². The molecule has 2 fully saturated rings. The number of hydrogen-bond acceptors (Lipinski definition) is 4. The fourth-order valence-corrected chi connectivity index (χ4v) is 4.49. The molecule has 7 nitrogen and oxygen atoms in total. The van der Waals surface area contributed by atoms with Crippen LogP contribution in [0.2, 0.25) is 0 Å². The number of carbonyl (C=O) groups is 1. The van der Waals surface area contributed by atoms with Crippen LogP contribution < -0.4 is 0 Å². The number of carbonyl (C=O) groups excluding carboxylic acids is 1. The first-order valence-electron chi connectivity index (χ1n) is 8.52. The number of benzene rings is 1. The molecular weight excluding hydrogens is 361 g/mol. The van der Waals surface area contributed by atoms with E-state index in [2.05, 4.69) is 0 Å². The average molecular weight is 383 g/mol. The molecule has 0 spiro atoms. The summed E-state index contributed by atoms with van der Waals surface area (Å²) in [5, 5.41) is 0. The SMILES string of the molecule is O=C(/C=C/c1ccc(F)cc1)N1CCN(S(=O)(=O)N2CCOCC2)CC1. The van der Waals surface area contributed by atoms with Crippen LogP contribution in [0.25, 0.3) is 6.08 Å². The van der Waals surface area contributed by atoms with E-state index in [0.717, 1.165) is 5.56 Å². The van der Waals surface area contributed by atoms with Gasteiger partial charge in [-0.05, 0) is 23.8 Å². The van der Waals surface area contributed by atoms with Crippen molar-refractivity contribution in [1.82, 2.24) is 13.5 Å². The third-order valence-corrected chi connectivity index (χ3v) is 6.50. The highest BCUT2D eigenvalue weighted by Crippen LogP contribution is 2.14. The van der Waals surface area contributed by atoms with Crippen LogP contribution in [0, 0.1) is 5.82 Å². The van der Waals surface area contributed by atoms with Gasteiger partial charge in [-0.2, -0.15) is 17.0 Å². The highest BCUT2D eigenvalue weighted by atomic mass is 32.2. The van der Waals surface area contributed by atoms with E-state index < -0.39 is 10.2 Å². The summed E-state index contributed by atoms with van der Waals surface area (Å²) in [4.78, 5) is 13.9. The Morgan fingerprint density at radius 3 is 2.15 bits per heavy atom. The van der Waals surface area contributed by atoms with Crippen molar-refractivity contribution in [2.75, 3.05) is 52.5 Å². The minimum absolute atomic E-state index is 0.183. The maximum absolute atomic E-state index is 12.9. The van der Waals surface area contributed by atoms with Gasteiger partial charge >= 0.3 is 0 Å². The quantitative estimate of drug-likeness (QED) is 0.713. The van der Waals surface area contributed by atoms with Gasteiger partial charge in [-0.3, -0.25) is 4.79 Å². The van der Waals surface area contributed by atoms with Crippen LogP contribution in [0.5, 0.6) is 0 Å². The molecule has 142 valence electrons. The normalized spacial score (nSPS) is 20.6. The average Bonchev–Trinajstić information content (AvgIpc) is 2.68. The number of morpholine rings is 1. The minimum atomic E-state index is -3.50. The Balaban J connectivity index is 1.54. The van der Waals surface area contributed by atoms with Crippen LogP contribution in [0.15, 0.2) is 30.3 Å². The van der Waals surface area contributed by atoms with Crippen molar-refractivity contribution in [3.8, 4) is 0 Å². The summed E-state index contributed by atoms with van der Waals surface area (Å²) in [5.41, 5.74) is 0.730. The van der Waals surface area contributed by atoms with Crippen molar-refractivity contribution in [3.05, 3.63) is 41.7 Å². The Hall–Kier alpha value is -1.81. The molecule has 0 bridgehead atoms. The second-order valence-corrected chi connectivity index (χ2v) is 8.06. The van der Waals surface area contributed by atoms with Crippen molar-refractivity contribution in [3.63, 3.8) is 0 Å². The molecular formula is C17H22FN3O4S. The van der Waals surface area contributed by atoms with E-state index in [1.807, 2.05) is 0 Å². The van der Waals surface area contributed by atoms with E-state index in [9.17, 15) is 17.6 Å². The van der Waals surface area contributed by atoms with Crippen molar-refractivity contribution in [1.29, 1.82) is 0 Å². The zero-order valence-electron chi connectivity index (χ0n) is 14.4. The first-order valence-corrected chi connectivity index (χ1v) is 9.92. The molecule has 9 heteroatoms. The van der Waals surface area contributed by atoms with E-state index in [1.54, 1.807) is 23.1 Å². The molecule has 2 aliphatic heterocycles. The lowest BCUT2D eigenvalue weighted by Gasteiger charge is -2.37. The second kappa shape index (κ2) is 8.26. The number of piperazine rings is 1. The van der Waals surface area contributed by atoms with Gasteiger partial charge in [-0.15, -0.1) is 0 Å². The zero-order chi connectivity index (χ0) is 18.6. The number of halogens is 1. The molecule has 1 amide bonds. The van der Waals surface area contributed by atoms with Crippen LogP contribution in [-0.4, -0.2) is 80.3 Å². The molecule has 0 aromatic heterocycles. The summed E-state index contributed by atoms with van der Waals surface area (Å²) in [5.74, 6) is -0.510. The van der Waals surface area contributed by atoms with Gasteiger partial charge in [0.1, 0.15) is 5.82 Å². The minimum Gasteiger partial charge on any atom is -0.379 e. The Morgan fingerprint density at radius 2 is 1.54 bits per heavy atom. The Kier molecular flexibility index (Phi) is 6.02. The van der Waals surface area contributed by atoms with Gasteiger partial charge in [0.15, 0.2) is 0 Å². The van der Waals surface area contributed by atoms with E-state index in [4.69, 9.17) is 4.74 Å². The summed E-state index contributed by atoms with van der Waals surface area (Å²) >= 11 is 0. The van der Waals surface area contributed by atoms with Crippen LogP contribution in [0.3, 0.4) is 0 Å².